The van der Waals surface area contributed by atoms with Gasteiger partial charge >= 0.3 is 0 Å². The molecule has 34 heavy (non-hydrogen) atoms. The topological polar surface area (TPSA) is 108 Å². The Labute approximate surface area is 202 Å². The second kappa shape index (κ2) is 8.11. The van der Waals surface area contributed by atoms with E-state index >= 15 is 0 Å². The zero-order chi connectivity index (χ0) is 25.0. The molecule has 0 radical (unpaired) electrons. The Kier molecular flexibility index (Phi) is 5.65. The van der Waals surface area contributed by atoms with Crippen LogP contribution in [0.2, 0.25) is 5.02 Å². The molecule has 0 atom stereocenters. The second-order valence-corrected chi connectivity index (χ2v) is 11.2. The summed E-state index contributed by atoms with van der Waals surface area (Å²) in [7, 11) is -4.07. The molecule has 8 nitrogen and oxygen atoms in total. The molecule has 2 aromatic carbocycles. The van der Waals surface area contributed by atoms with E-state index in [1.165, 1.54) is 36.7 Å². The number of rotatable bonds is 4. The van der Waals surface area contributed by atoms with Crippen molar-refractivity contribution in [3.05, 3.63) is 82.1 Å². The third kappa shape index (κ3) is 4.12. The minimum Gasteiger partial charge on any atom is -0.285 e. The molecule has 0 bridgehead atoms. The van der Waals surface area contributed by atoms with Crippen LogP contribution in [-0.2, 0) is 15.4 Å². The Morgan fingerprint density at radius 1 is 0.971 bits per heavy atom. The smallest absolute Gasteiger partial charge is 0.268 e. The van der Waals surface area contributed by atoms with Crippen LogP contribution < -0.4 is 14.4 Å². The van der Waals surface area contributed by atoms with Gasteiger partial charge in [-0.1, -0.05) is 44.5 Å². The minimum atomic E-state index is -4.07. The predicted octanol–water partition coefficient (Wildman–Crippen LogP) is 4.07. The van der Waals surface area contributed by atoms with Crippen LogP contribution >= 0.6 is 11.6 Å². The van der Waals surface area contributed by atoms with Gasteiger partial charge in [0.25, 0.3) is 21.8 Å². The average Bonchev–Trinajstić information content (AvgIpc) is 3.00. The highest BCUT2D eigenvalue weighted by molar-refractivity contribution is 7.92. The molecule has 0 saturated carbocycles. The van der Waals surface area contributed by atoms with Gasteiger partial charge in [-0.25, -0.2) is 13.3 Å². The van der Waals surface area contributed by atoms with Crippen molar-refractivity contribution >= 4 is 44.8 Å². The van der Waals surface area contributed by atoms with Gasteiger partial charge in [0.1, 0.15) is 5.69 Å². The maximum atomic E-state index is 13.3. The molecule has 1 aliphatic heterocycles. The van der Waals surface area contributed by atoms with Gasteiger partial charge in [-0.05, 0) is 48.2 Å². The number of hydrogen-bond donors (Lipinski definition) is 2. The summed E-state index contributed by atoms with van der Waals surface area (Å²) in [4.78, 5) is 27.3. The van der Waals surface area contributed by atoms with E-state index in [0.717, 1.165) is 15.2 Å². The number of amides is 2. The highest BCUT2D eigenvalue weighted by Crippen LogP contribution is 2.37. The number of anilines is 2. The molecular weight excluding hydrogens is 478 g/mol. The number of sulfonamides is 1. The zero-order valence-electron chi connectivity index (χ0n) is 19.0. The van der Waals surface area contributed by atoms with Gasteiger partial charge in [0.05, 0.1) is 26.7 Å². The lowest BCUT2D eigenvalue weighted by Crippen LogP contribution is -2.35. The molecule has 0 aliphatic carbocycles. The molecule has 1 aliphatic rings. The second-order valence-electron chi connectivity index (χ2n) is 9.12. The maximum Gasteiger partial charge on any atom is 0.268 e. The van der Waals surface area contributed by atoms with Crippen LogP contribution in [0.4, 0.5) is 11.4 Å². The van der Waals surface area contributed by atoms with Gasteiger partial charge < -0.3 is 0 Å². The number of halogens is 1. The maximum absolute atomic E-state index is 13.3. The summed E-state index contributed by atoms with van der Waals surface area (Å²) in [5, 5.41) is 9.86. The Hall–Kier alpha value is -3.43. The largest absolute Gasteiger partial charge is 0.285 e. The SMILES string of the molecule is Cc1cc(N2C(=O)c3c(Cl)ccc(NS(=O)(=O)c4ccc(C(C)(C)C)cc4)c3C2=O)c[n+](O)c1. The number of hydrogen-bond acceptors (Lipinski definition) is 5. The number of aromatic nitrogens is 1. The van der Waals surface area contributed by atoms with Gasteiger partial charge in [-0.2, -0.15) is 0 Å². The summed E-state index contributed by atoms with van der Waals surface area (Å²) in [5.74, 6) is -1.47. The van der Waals surface area contributed by atoms with Crippen molar-refractivity contribution in [2.45, 2.75) is 38.0 Å². The fourth-order valence-electron chi connectivity index (χ4n) is 3.79. The number of benzene rings is 2. The van der Waals surface area contributed by atoms with Crippen LogP contribution in [-0.4, -0.2) is 25.4 Å². The Balaban J connectivity index is 1.75. The number of pyridine rings is 1. The lowest BCUT2D eigenvalue weighted by Gasteiger charge is -2.19. The summed E-state index contributed by atoms with van der Waals surface area (Å²) in [6.07, 6.45) is 2.60. The molecule has 176 valence electrons. The molecule has 4 rings (SSSR count). The lowest BCUT2D eigenvalue weighted by atomic mass is 9.87. The van der Waals surface area contributed by atoms with Crippen molar-refractivity contribution in [3.8, 4) is 0 Å². The fourth-order valence-corrected chi connectivity index (χ4v) is 5.10. The first-order valence-electron chi connectivity index (χ1n) is 10.4. The van der Waals surface area contributed by atoms with Gasteiger partial charge in [0.15, 0.2) is 0 Å². The minimum absolute atomic E-state index is 0.0119. The van der Waals surface area contributed by atoms with Crippen LogP contribution in [0.15, 0.2) is 59.8 Å². The van der Waals surface area contributed by atoms with Crippen molar-refractivity contribution in [1.82, 2.24) is 0 Å². The van der Waals surface area contributed by atoms with Crippen LogP contribution in [0.3, 0.4) is 0 Å². The quantitative estimate of drug-likeness (QED) is 0.319. The molecule has 10 heteroatoms. The van der Waals surface area contributed by atoms with E-state index in [4.69, 9.17) is 11.6 Å². The van der Waals surface area contributed by atoms with Gasteiger partial charge in [0.2, 0.25) is 12.4 Å². The summed E-state index contributed by atoms with van der Waals surface area (Å²) >= 11 is 6.23. The zero-order valence-corrected chi connectivity index (χ0v) is 20.5. The van der Waals surface area contributed by atoms with Crippen molar-refractivity contribution < 1.29 is 27.9 Å². The van der Waals surface area contributed by atoms with Crippen molar-refractivity contribution in [2.75, 3.05) is 9.62 Å². The predicted molar refractivity (Wildman–Crippen MR) is 127 cm³/mol. The third-order valence-corrected chi connectivity index (χ3v) is 7.19. The standard InChI is InChI=1S/C24H22ClN3O5S/c1-14-11-16(13-27(31)12-14)28-22(29)20-18(25)9-10-19(21(20)23(28)30)26-34(32,33)17-7-5-15(6-8-17)24(2,3)4/h5-13H,1-4H3,(H-,26,30,31)/p+1. The van der Waals surface area contributed by atoms with E-state index < -0.39 is 21.8 Å². The molecule has 2 N–H and O–H groups in total. The Morgan fingerprint density at radius 3 is 2.18 bits per heavy atom. The highest BCUT2D eigenvalue weighted by Gasteiger charge is 2.42. The summed E-state index contributed by atoms with van der Waals surface area (Å²) in [6, 6.07) is 10.7. The van der Waals surface area contributed by atoms with Gasteiger partial charge in [-0.15, -0.1) is 0 Å². The summed E-state index contributed by atoms with van der Waals surface area (Å²) in [5.41, 5.74) is 1.21. The monoisotopic (exact) mass is 500 g/mol. The van der Waals surface area contributed by atoms with Crippen LogP contribution in [0.5, 0.6) is 0 Å². The Bertz CT molecular complexity index is 1420. The van der Waals surface area contributed by atoms with Gasteiger partial charge in [0, 0.05) is 10.3 Å². The molecule has 0 spiro atoms. The summed E-state index contributed by atoms with van der Waals surface area (Å²) in [6.45, 7) is 7.75. The average molecular weight is 501 g/mol. The fraction of sp³-hybridized carbons (Fsp3) is 0.208. The number of imide groups is 1. The Morgan fingerprint density at radius 2 is 1.59 bits per heavy atom. The molecule has 0 unspecified atom stereocenters. The molecule has 0 saturated heterocycles. The van der Waals surface area contributed by atoms with Crippen LogP contribution in [0.25, 0.3) is 0 Å². The summed E-state index contributed by atoms with van der Waals surface area (Å²) < 4.78 is 29.3. The van der Waals surface area contributed by atoms with E-state index in [9.17, 15) is 23.2 Å². The van der Waals surface area contributed by atoms with Crippen LogP contribution in [0, 0.1) is 6.92 Å². The molecule has 1 aromatic heterocycles. The molecule has 2 amide bonds. The van der Waals surface area contributed by atoms with E-state index in [0.29, 0.717) is 5.56 Å². The van der Waals surface area contributed by atoms with Crippen molar-refractivity contribution in [1.29, 1.82) is 0 Å². The number of nitrogens with zero attached hydrogens (tertiary/aromatic N) is 2. The number of aryl methyl sites for hydroxylation is 1. The highest BCUT2D eigenvalue weighted by atomic mass is 35.5. The normalized spacial score (nSPS) is 13.9. The van der Waals surface area contributed by atoms with E-state index in [1.54, 1.807) is 25.1 Å². The van der Waals surface area contributed by atoms with Crippen molar-refractivity contribution in [2.24, 2.45) is 0 Å². The first-order valence-corrected chi connectivity index (χ1v) is 12.2. The molecule has 3 aromatic rings. The van der Waals surface area contributed by atoms with E-state index in [1.807, 2.05) is 20.8 Å². The number of carbonyl (C=O) groups is 2. The number of fused-ring (bicyclic) bond motifs is 1. The number of nitrogens with one attached hydrogen (secondary N) is 1. The lowest BCUT2D eigenvalue weighted by molar-refractivity contribution is -0.904. The molecule has 2 heterocycles. The number of carbonyl (C=O) groups excluding carboxylic acids is 2. The van der Waals surface area contributed by atoms with Gasteiger partial charge in [-0.3, -0.25) is 19.5 Å². The molecule has 0 fully saturated rings. The first kappa shape index (κ1) is 23.7. The third-order valence-electron chi connectivity index (χ3n) is 5.50. The molecular formula is C24H23ClN3O5S+. The van der Waals surface area contributed by atoms with Crippen LogP contribution in [0.1, 0.15) is 52.6 Å². The van der Waals surface area contributed by atoms with Crippen molar-refractivity contribution in [3.63, 3.8) is 0 Å². The first-order chi connectivity index (χ1) is 15.8. The van der Waals surface area contributed by atoms with E-state index in [2.05, 4.69) is 4.72 Å². The van der Waals surface area contributed by atoms with E-state index in [-0.39, 0.29) is 37.8 Å².